The lowest BCUT2D eigenvalue weighted by Gasteiger charge is -2.10. The molecule has 0 aromatic heterocycles. The molecule has 1 amide bonds. The lowest BCUT2D eigenvalue weighted by atomic mass is 10.0. The highest BCUT2D eigenvalue weighted by Gasteiger charge is 2.04. The van der Waals surface area contributed by atoms with E-state index < -0.39 is 0 Å². The number of likely N-dealkylation sites (N-methyl/N-ethyl adjacent to an activating group) is 1. The summed E-state index contributed by atoms with van der Waals surface area (Å²) in [5, 5.41) is 2.92. The molecule has 1 aromatic rings. The second-order valence-corrected chi connectivity index (χ2v) is 4.75. The summed E-state index contributed by atoms with van der Waals surface area (Å²) in [6, 6.07) is 6.17. The molecular weight excluding hydrogens is 212 g/mol. The Kier molecular flexibility index (Phi) is 5.16. The van der Waals surface area contributed by atoms with Crippen molar-refractivity contribution < 1.29 is 4.79 Å². The number of carbonyl (C=O) groups excluding carboxylic acids is 1. The van der Waals surface area contributed by atoms with Crippen LogP contribution < -0.4 is 5.32 Å². The van der Waals surface area contributed by atoms with E-state index in [4.69, 9.17) is 0 Å². The largest absolute Gasteiger partial charge is 0.355 e. The third-order valence-electron chi connectivity index (χ3n) is 2.82. The summed E-state index contributed by atoms with van der Waals surface area (Å²) in [4.78, 5) is 13.7. The first-order valence-corrected chi connectivity index (χ1v) is 5.96. The van der Waals surface area contributed by atoms with Crippen molar-refractivity contribution in [2.75, 3.05) is 27.2 Å². The summed E-state index contributed by atoms with van der Waals surface area (Å²) >= 11 is 0. The Hall–Kier alpha value is -1.35. The molecule has 1 N–H and O–H groups in total. The molecule has 0 radical (unpaired) electrons. The first kappa shape index (κ1) is 13.7. The van der Waals surface area contributed by atoms with Crippen LogP contribution in [-0.4, -0.2) is 38.0 Å². The molecule has 0 heterocycles. The predicted molar refractivity (Wildman–Crippen MR) is 71.2 cm³/mol. The van der Waals surface area contributed by atoms with E-state index in [-0.39, 0.29) is 5.91 Å². The molecule has 0 saturated heterocycles. The number of rotatable bonds is 5. The van der Waals surface area contributed by atoms with Gasteiger partial charge in [0.1, 0.15) is 0 Å². The zero-order valence-electron chi connectivity index (χ0n) is 11.2. The van der Waals surface area contributed by atoms with Gasteiger partial charge in [0.05, 0.1) is 6.42 Å². The summed E-state index contributed by atoms with van der Waals surface area (Å²) in [5.74, 6) is 0.0927. The van der Waals surface area contributed by atoms with Crippen molar-refractivity contribution in [2.24, 2.45) is 0 Å². The number of nitrogens with one attached hydrogen (secondary N) is 1. The fourth-order valence-corrected chi connectivity index (χ4v) is 1.58. The van der Waals surface area contributed by atoms with Crippen molar-refractivity contribution in [3.63, 3.8) is 0 Å². The molecule has 1 aromatic carbocycles. The number of hydrogen-bond donors (Lipinski definition) is 1. The average Bonchev–Trinajstić information content (AvgIpc) is 2.23. The summed E-state index contributed by atoms with van der Waals surface area (Å²) in [6.45, 7) is 5.73. The Bertz CT molecular complexity index is 386. The number of hydrogen-bond acceptors (Lipinski definition) is 2. The molecule has 0 unspecified atom stereocenters. The van der Waals surface area contributed by atoms with E-state index in [0.717, 1.165) is 12.1 Å². The summed E-state index contributed by atoms with van der Waals surface area (Å²) < 4.78 is 0. The van der Waals surface area contributed by atoms with Gasteiger partial charge in [-0.25, -0.2) is 0 Å². The van der Waals surface area contributed by atoms with Crippen molar-refractivity contribution in [3.05, 3.63) is 34.9 Å². The zero-order valence-corrected chi connectivity index (χ0v) is 11.2. The number of carbonyl (C=O) groups is 1. The third kappa shape index (κ3) is 5.00. The van der Waals surface area contributed by atoms with Crippen LogP contribution in [-0.2, 0) is 11.2 Å². The summed E-state index contributed by atoms with van der Waals surface area (Å²) in [5.41, 5.74) is 3.58. The van der Waals surface area contributed by atoms with Gasteiger partial charge in [0, 0.05) is 13.1 Å². The molecule has 0 aliphatic rings. The van der Waals surface area contributed by atoms with Gasteiger partial charge in [-0.1, -0.05) is 18.2 Å². The van der Waals surface area contributed by atoms with E-state index in [1.807, 2.05) is 20.2 Å². The van der Waals surface area contributed by atoms with Crippen LogP contribution in [0.3, 0.4) is 0 Å². The van der Waals surface area contributed by atoms with Gasteiger partial charge in [-0.2, -0.15) is 0 Å². The molecule has 3 nitrogen and oxygen atoms in total. The van der Waals surface area contributed by atoms with Gasteiger partial charge >= 0.3 is 0 Å². The minimum Gasteiger partial charge on any atom is -0.355 e. The normalized spacial score (nSPS) is 10.6. The Labute approximate surface area is 104 Å². The zero-order chi connectivity index (χ0) is 12.8. The van der Waals surface area contributed by atoms with Crippen LogP contribution in [0.25, 0.3) is 0 Å². The van der Waals surface area contributed by atoms with Crippen LogP contribution in [0.15, 0.2) is 18.2 Å². The molecule has 0 atom stereocenters. The molecule has 17 heavy (non-hydrogen) atoms. The van der Waals surface area contributed by atoms with Crippen molar-refractivity contribution >= 4 is 5.91 Å². The van der Waals surface area contributed by atoms with Crippen LogP contribution in [0.1, 0.15) is 16.7 Å². The van der Waals surface area contributed by atoms with Gasteiger partial charge in [0.25, 0.3) is 0 Å². The first-order chi connectivity index (χ1) is 7.99. The van der Waals surface area contributed by atoms with E-state index in [2.05, 4.69) is 36.2 Å². The van der Waals surface area contributed by atoms with Gasteiger partial charge in [0.15, 0.2) is 0 Å². The SMILES string of the molecule is Cc1ccc(CC(=O)NCCN(C)C)cc1C. The molecule has 0 saturated carbocycles. The maximum absolute atomic E-state index is 11.7. The van der Waals surface area contributed by atoms with Crippen molar-refractivity contribution in [1.82, 2.24) is 10.2 Å². The first-order valence-electron chi connectivity index (χ1n) is 5.96. The van der Waals surface area contributed by atoms with Gasteiger partial charge in [0.2, 0.25) is 5.91 Å². The van der Waals surface area contributed by atoms with Gasteiger partial charge < -0.3 is 10.2 Å². The number of aryl methyl sites for hydroxylation is 2. The van der Waals surface area contributed by atoms with Crippen molar-refractivity contribution in [2.45, 2.75) is 20.3 Å². The van der Waals surface area contributed by atoms with E-state index in [0.29, 0.717) is 13.0 Å². The lowest BCUT2D eigenvalue weighted by molar-refractivity contribution is -0.120. The molecule has 0 aliphatic heterocycles. The van der Waals surface area contributed by atoms with Crippen LogP contribution in [0.5, 0.6) is 0 Å². The van der Waals surface area contributed by atoms with Crippen molar-refractivity contribution in [1.29, 1.82) is 0 Å². The quantitative estimate of drug-likeness (QED) is 0.838. The van der Waals surface area contributed by atoms with E-state index in [1.54, 1.807) is 0 Å². The molecule has 0 bridgehead atoms. The molecule has 0 spiro atoms. The minimum absolute atomic E-state index is 0.0927. The topological polar surface area (TPSA) is 32.3 Å². The minimum atomic E-state index is 0.0927. The fourth-order valence-electron chi connectivity index (χ4n) is 1.58. The maximum atomic E-state index is 11.7. The Morgan fingerprint density at radius 3 is 2.53 bits per heavy atom. The second kappa shape index (κ2) is 6.40. The van der Waals surface area contributed by atoms with Crippen LogP contribution in [0.2, 0.25) is 0 Å². The van der Waals surface area contributed by atoms with Crippen LogP contribution >= 0.6 is 0 Å². The summed E-state index contributed by atoms with van der Waals surface area (Å²) in [6.07, 6.45) is 0.467. The predicted octanol–water partition coefficient (Wildman–Crippen LogP) is 1.52. The number of nitrogens with zero attached hydrogens (tertiary/aromatic N) is 1. The van der Waals surface area contributed by atoms with Gasteiger partial charge in [-0.3, -0.25) is 4.79 Å². The molecule has 3 heteroatoms. The smallest absolute Gasteiger partial charge is 0.224 e. The molecule has 1 rings (SSSR count). The Balaban J connectivity index is 2.42. The van der Waals surface area contributed by atoms with E-state index >= 15 is 0 Å². The average molecular weight is 234 g/mol. The van der Waals surface area contributed by atoms with Gasteiger partial charge in [-0.05, 0) is 44.6 Å². The van der Waals surface area contributed by atoms with Crippen LogP contribution in [0.4, 0.5) is 0 Å². The van der Waals surface area contributed by atoms with Crippen LogP contribution in [0, 0.1) is 13.8 Å². The third-order valence-corrected chi connectivity index (χ3v) is 2.82. The molecule has 0 fully saturated rings. The fraction of sp³-hybridized carbons (Fsp3) is 0.500. The highest BCUT2D eigenvalue weighted by Crippen LogP contribution is 2.10. The van der Waals surface area contributed by atoms with E-state index in [1.165, 1.54) is 11.1 Å². The molecular formula is C14H22N2O. The monoisotopic (exact) mass is 234 g/mol. The number of amides is 1. The number of benzene rings is 1. The molecule has 94 valence electrons. The molecule has 0 aliphatic carbocycles. The van der Waals surface area contributed by atoms with Crippen molar-refractivity contribution in [3.8, 4) is 0 Å². The maximum Gasteiger partial charge on any atom is 0.224 e. The standard InChI is InChI=1S/C14H22N2O/c1-11-5-6-13(9-12(11)2)10-14(17)15-7-8-16(3)4/h5-6,9H,7-8,10H2,1-4H3,(H,15,17). The Morgan fingerprint density at radius 2 is 1.94 bits per heavy atom. The van der Waals surface area contributed by atoms with Gasteiger partial charge in [-0.15, -0.1) is 0 Å². The lowest BCUT2D eigenvalue weighted by Crippen LogP contribution is -2.32. The highest BCUT2D eigenvalue weighted by atomic mass is 16.1. The van der Waals surface area contributed by atoms with E-state index in [9.17, 15) is 4.79 Å². The Morgan fingerprint density at radius 1 is 1.24 bits per heavy atom. The second-order valence-electron chi connectivity index (χ2n) is 4.75. The highest BCUT2D eigenvalue weighted by molar-refractivity contribution is 5.78. The summed E-state index contributed by atoms with van der Waals surface area (Å²) in [7, 11) is 3.99.